The first-order valence-electron chi connectivity index (χ1n) is 2.84. The van der Waals surface area contributed by atoms with Gasteiger partial charge in [-0.3, -0.25) is 9.59 Å². The molecule has 5 heteroatoms. The summed E-state index contributed by atoms with van der Waals surface area (Å²) in [5.41, 5.74) is 9.97. The molecule has 0 saturated carbocycles. The molecule has 0 radical (unpaired) electrons. The van der Waals surface area contributed by atoms with Crippen molar-refractivity contribution in [2.24, 2.45) is 11.5 Å². The van der Waals surface area contributed by atoms with Crippen LogP contribution in [-0.2, 0) is 9.59 Å². The van der Waals surface area contributed by atoms with Gasteiger partial charge in [0.2, 0.25) is 11.8 Å². The van der Waals surface area contributed by atoms with E-state index < -0.39 is 11.9 Å². The van der Waals surface area contributed by atoms with Crippen LogP contribution in [0.5, 0.6) is 0 Å². The van der Waals surface area contributed by atoms with Gasteiger partial charge in [0.15, 0.2) is 0 Å². The molecule has 0 aliphatic carbocycles. The highest BCUT2D eigenvalue weighted by atomic mass is 16.2. The van der Waals surface area contributed by atoms with Crippen LogP contribution in [-0.4, -0.2) is 24.4 Å². The number of rotatable bonds is 3. The van der Waals surface area contributed by atoms with Gasteiger partial charge in [-0.2, -0.15) is 0 Å². The van der Waals surface area contributed by atoms with E-state index in [1.165, 1.54) is 6.92 Å². The largest absolute Gasteiger partial charge is 0.368 e. The van der Waals surface area contributed by atoms with Crippen molar-refractivity contribution >= 4 is 11.8 Å². The van der Waals surface area contributed by atoms with Gasteiger partial charge in [0.05, 0.1) is 0 Å². The summed E-state index contributed by atoms with van der Waals surface area (Å²) in [6.07, 6.45) is 0. The number of primary amides is 1. The summed E-state index contributed by atoms with van der Waals surface area (Å²) in [5, 5.41) is 2.29. The van der Waals surface area contributed by atoms with E-state index in [1.54, 1.807) is 0 Å². The number of amides is 2. The Hall–Kier alpha value is -1.10. The van der Waals surface area contributed by atoms with Gasteiger partial charge in [-0.05, 0) is 0 Å². The van der Waals surface area contributed by atoms with Gasteiger partial charge >= 0.3 is 0 Å². The Balaban J connectivity index is 3.83. The molecule has 5 nitrogen and oxygen atoms in total. The van der Waals surface area contributed by atoms with Crippen molar-refractivity contribution in [2.45, 2.75) is 13.0 Å². The average molecular weight is 145 g/mol. The predicted molar refractivity (Wildman–Crippen MR) is 35.9 cm³/mol. The molecule has 1 atom stereocenters. The fourth-order valence-corrected chi connectivity index (χ4v) is 0.492. The molecule has 0 aliphatic heterocycles. The Labute approximate surface area is 58.8 Å². The Kier molecular flexibility index (Phi) is 3.42. The van der Waals surface area contributed by atoms with Crippen LogP contribution in [0.3, 0.4) is 0 Å². The number of nitrogens with two attached hydrogens (primary N) is 2. The van der Waals surface area contributed by atoms with E-state index in [2.05, 4.69) is 5.32 Å². The molecule has 0 heterocycles. The zero-order valence-corrected chi connectivity index (χ0v) is 5.76. The molecule has 1 unspecified atom stereocenters. The van der Waals surface area contributed by atoms with Crippen LogP contribution in [0.4, 0.5) is 0 Å². The maximum Gasteiger partial charge on any atom is 0.241 e. The fraction of sp³-hybridized carbons (Fsp3) is 0.600. The fourth-order valence-electron chi connectivity index (χ4n) is 0.492. The molecule has 0 aliphatic rings. The number of nitrogens with one attached hydrogen (secondary N) is 1. The average Bonchev–Trinajstić information content (AvgIpc) is 1.81. The lowest BCUT2D eigenvalue weighted by atomic mass is 10.3. The third kappa shape index (κ3) is 3.03. The van der Waals surface area contributed by atoms with Gasteiger partial charge in [0, 0.05) is 13.5 Å². The molecule has 58 valence electrons. The van der Waals surface area contributed by atoms with Crippen LogP contribution in [0.2, 0.25) is 0 Å². The molecule has 0 fully saturated rings. The predicted octanol–water partition coefficient (Wildman–Crippen LogP) is -2.06. The van der Waals surface area contributed by atoms with Gasteiger partial charge in [0.25, 0.3) is 0 Å². The first-order chi connectivity index (χ1) is 4.57. The monoisotopic (exact) mass is 145 g/mol. The minimum atomic E-state index is -0.738. The van der Waals surface area contributed by atoms with Gasteiger partial charge in [-0.1, -0.05) is 0 Å². The Morgan fingerprint density at radius 1 is 1.60 bits per heavy atom. The van der Waals surface area contributed by atoms with E-state index in [-0.39, 0.29) is 12.5 Å². The minimum absolute atomic E-state index is 0.0366. The summed E-state index contributed by atoms with van der Waals surface area (Å²) in [4.78, 5) is 20.7. The lowest BCUT2D eigenvalue weighted by Gasteiger charge is -2.10. The lowest BCUT2D eigenvalue weighted by molar-refractivity contribution is -0.125. The third-order valence-corrected chi connectivity index (χ3v) is 0.957. The highest BCUT2D eigenvalue weighted by molar-refractivity contribution is 5.85. The van der Waals surface area contributed by atoms with Gasteiger partial charge < -0.3 is 16.8 Å². The topological polar surface area (TPSA) is 98.2 Å². The van der Waals surface area contributed by atoms with Crippen LogP contribution in [0.15, 0.2) is 0 Å². The van der Waals surface area contributed by atoms with E-state index >= 15 is 0 Å². The molecule has 0 aromatic carbocycles. The summed E-state index contributed by atoms with van der Waals surface area (Å²) in [6, 6.07) is -0.738. The third-order valence-electron chi connectivity index (χ3n) is 0.957. The molecule has 0 bridgehead atoms. The summed E-state index contributed by atoms with van der Waals surface area (Å²) < 4.78 is 0. The van der Waals surface area contributed by atoms with Crippen molar-refractivity contribution in [3.05, 3.63) is 0 Å². The standard InChI is InChI=1S/C5H11N3O2/c1-3(9)8-4(2-6)5(7)10/h4H,2,6H2,1H3,(H2,7,10)(H,8,9). The minimum Gasteiger partial charge on any atom is -0.368 e. The van der Waals surface area contributed by atoms with Crippen molar-refractivity contribution in [1.82, 2.24) is 5.32 Å². The summed E-state index contributed by atoms with van der Waals surface area (Å²) in [6.45, 7) is 1.33. The van der Waals surface area contributed by atoms with Crippen LogP contribution in [0.25, 0.3) is 0 Å². The maximum atomic E-state index is 10.4. The van der Waals surface area contributed by atoms with Crippen LogP contribution < -0.4 is 16.8 Å². The van der Waals surface area contributed by atoms with Gasteiger partial charge in [-0.25, -0.2) is 0 Å². The quantitative estimate of drug-likeness (QED) is 0.425. The van der Waals surface area contributed by atoms with Crippen molar-refractivity contribution < 1.29 is 9.59 Å². The SMILES string of the molecule is CC(=O)NC(CN)C(N)=O. The maximum absolute atomic E-state index is 10.4. The molecule has 5 N–H and O–H groups in total. The lowest BCUT2D eigenvalue weighted by Crippen LogP contribution is -2.48. The number of carbonyl (C=O) groups excluding carboxylic acids is 2. The van der Waals surface area contributed by atoms with E-state index in [9.17, 15) is 9.59 Å². The highest BCUT2D eigenvalue weighted by Crippen LogP contribution is 1.76. The summed E-state index contributed by atoms with van der Waals surface area (Å²) in [5.74, 6) is -0.924. The second kappa shape index (κ2) is 3.84. The molecular formula is C5H11N3O2. The number of hydrogen-bond donors (Lipinski definition) is 3. The smallest absolute Gasteiger partial charge is 0.241 e. The van der Waals surface area contributed by atoms with E-state index in [0.717, 1.165) is 0 Å². The van der Waals surface area contributed by atoms with Crippen LogP contribution in [0, 0.1) is 0 Å². The summed E-state index contributed by atoms with van der Waals surface area (Å²) >= 11 is 0. The molecule has 0 aromatic heterocycles. The summed E-state index contributed by atoms with van der Waals surface area (Å²) in [7, 11) is 0. The van der Waals surface area contributed by atoms with E-state index in [0.29, 0.717) is 0 Å². The van der Waals surface area contributed by atoms with Crippen molar-refractivity contribution in [3.8, 4) is 0 Å². The van der Waals surface area contributed by atoms with Gasteiger partial charge in [-0.15, -0.1) is 0 Å². The molecular weight excluding hydrogens is 134 g/mol. The van der Waals surface area contributed by atoms with E-state index in [4.69, 9.17) is 11.5 Å². The molecule has 0 rings (SSSR count). The van der Waals surface area contributed by atoms with Crippen molar-refractivity contribution in [1.29, 1.82) is 0 Å². The molecule has 0 aromatic rings. The van der Waals surface area contributed by atoms with Crippen LogP contribution >= 0.6 is 0 Å². The van der Waals surface area contributed by atoms with Crippen molar-refractivity contribution in [2.75, 3.05) is 6.54 Å². The first-order valence-corrected chi connectivity index (χ1v) is 2.84. The van der Waals surface area contributed by atoms with Gasteiger partial charge in [0.1, 0.15) is 6.04 Å². The van der Waals surface area contributed by atoms with E-state index in [1.807, 2.05) is 0 Å². The second-order valence-electron chi connectivity index (χ2n) is 1.89. The zero-order valence-electron chi connectivity index (χ0n) is 5.76. The Morgan fingerprint density at radius 2 is 2.10 bits per heavy atom. The molecule has 2 amide bonds. The van der Waals surface area contributed by atoms with Crippen molar-refractivity contribution in [3.63, 3.8) is 0 Å². The Morgan fingerprint density at radius 3 is 2.20 bits per heavy atom. The molecule has 10 heavy (non-hydrogen) atoms. The molecule has 0 spiro atoms. The molecule has 0 saturated heterocycles. The van der Waals surface area contributed by atoms with Crippen LogP contribution in [0.1, 0.15) is 6.92 Å². The first kappa shape index (κ1) is 8.90. The number of hydrogen-bond acceptors (Lipinski definition) is 3. The zero-order chi connectivity index (χ0) is 8.15. The number of carbonyl (C=O) groups is 2. The Bertz CT molecular complexity index is 146. The highest BCUT2D eigenvalue weighted by Gasteiger charge is 2.12. The second-order valence-corrected chi connectivity index (χ2v) is 1.89. The normalized spacial score (nSPS) is 12.2.